The molecule has 0 atom stereocenters. The van der Waals surface area contributed by atoms with Crippen molar-refractivity contribution in [2.75, 3.05) is 13.2 Å². The predicted molar refractivity (Wildman–Crippen MR) is 60.8 cm³/mol. The molecule has 0 bridgehead atoms. The van der Waals surface area contributed by atoms with Crippen molar-refractivity contribution in [3.05, 3.63) is 0 Å². The molecule has 96 valence electrons. The molecule has 0 saturated carbocycles. The van der Waals surface area contributed by atoms with Gasteiger partial charge in [0.05, 0.1) is 6.61 Å². The van der Waals surface area contributed by atoms with E-state index in [-0.39, 0.29) is 12.5 Å². The summed E-state index contributed by atoms with van der Waals surface area (Å²) < 4.78 is 4.58. The fraction of sp³-hybridized carbons (Fsp3) is 0.800. The van der Waals surface area contributed by atoms with E-state index in [0.29, 0.717) is 13.0 Å². The predicted octanol–water partition coefficient (Wildman–Crippen LogP) is 0.385. The van der Waals surface area contributed by atoms with Crippen LogP contribution in [0, 0.1) is 0 Å². The topological polar surface area (TPSA) is 102 Å². The Morgan fingerprint density at radius 3 is 2.06 bits per heavy atom. The molecule has 0 saturated heterocycles. The van der Waals surface area contributed by atoms with Gasteiger partial charge in [0, 0.05) is 13.0 Å². The van der Waals surface area contributed by atoms with Gasteiger partial charge < -0.3 is 20.9 Å². The molecule has 0 spiro atoms. The van der Waals surface area contributed by atoms with Gasteiger partial charge in [0.1, 0.15) is 5.60 Å². The minimum Gasteiger partial charge on any atom is -0.444 e. The van der Waals surface area contributed by atoms with Crippen LogP contribution in [0.5, 0.6) is 0 Å². The summed E-state index contributed by atoms with van der Waals surface area (Å²) >= 11 is 0. The van der Waals surface area contributed by atoms with Gasteiger partial charge in [-0.25, -0.2) is 4.79 Å². The maximum Gasteiger partial charge on any atom is 0.405 e. The van der Waals surface area contributed by atoms with Crippen LogP contribution in [-0.2, 0) is 9.53 Å². The lowest BCUT2D eigenvalue weighted by molar-refractivity contribution is -0.120. The van der Waals surface area contributed by atoms with E-state index < -0.39 is 11.7 Å². The number of ether oxygens (including phenoxy) is 1. The van der Waals surface area contributed by atoms with Gasteiger partial charge in [0.2, 0.25) is 5.91 Å². The molecule has 0 aromatic carbocycles. The van der Waals surface area contributed by atoms with Crippen molar-refractivity contribution < 1.29 is 19.4 Å². The quantitative estimate of drug-likeness (QED) is 0.657. The maximum absolute atomic E-state index is 10.3. The van der Waals surface area contributed by atoms with Gasteiger partial charge >= 0.3 is 6.09 Å². The van der Waals surface area contributed by atoms with Crippen LogP contribution < -0.4 is 11.1 Å². The van der Waals surface area contributed by atoms with Gasteiger partial charge in [-0.2, -0.15) is 0 Å². The maximum atomic E-state index is 10.3. The highest BCUT2D eigenvalue weighted by molar-refractivity contribution is 5.75. The first-order valence-corrected chi connectivity index (χ1v) is 5.09. The van der Waals surface area contributed by atoms with E-state index in [1.54, 1.807) is 27.7 Å². The molecule has 0 aliphatic heterocycles. The SMILES string of the molecule is CC(C)(C)OC(N)=O.CCC(=O)NCCO. The van der Waals surface area contributed by atoms with Gasteiger partial charge in [-0.1, -0.05) is 6.92 Å². The van der Waals surface area contributed by atoms with Crippen LogP contribution >= 0.6 is 0 Å². The number of aliphatic hydroxyl groups excluding tert-OH is 1. The van der Waals surface area contributed by atoms with E-state index >= 15 is 0 Å². The minimum absolute atomic E-state index is 0.0148. The van der Waals surface area contributed by atoms with Crippen molar-refractivity contribution >= 4 is 12.0 Å². The fourth-order valence-corrected chi connectivity index (χ4v) is 0.622. The molecule has 0 fully saturated rings. The molecule has 2 amide bonds. The van der Waals surface area contributed by atoms with Crippen LogP contribution in [0.4, 0.5) is 4.79 Å². The van der Waals surface area contributed by atoms with Crippen LogP contribution in [-0.4, -0.2) is 35.9 Å². The Morgan fingerprint density at radius 1 is 1.38 bits per heavy atom. The molecule has 4 N–H and O–H groups in total. The molecule has 6 nitrogen and oxygen atoms in total. The summed E-state index contributed by atoms with van der Waals surface area (Å²) in [4.78, 5) is 20.4. The van der Waals surface area contributed by atoms with Crippen LogP contribution in [0.25, 0.3) is 0 Å². The number of nitrogens with two attached hydrogens (primary N) is 1. The number of amides is 2. The fourth-order valence-electron chi connectivity index (χ4n) is 0.622. The van der Waals surface area contributed by atoms with E-state index in [4.69, 9.17) is 10.8 Å². The summed E-state index contributed by atoms with van der Waals surface area (Å²) in [6.45, 7) is 7.44. The Labute approximate surface area is 96.2 Å². The molecule has 0 aliphatic rings. The highest BCUT2D eigenvalue weighted by atomic mass is 16.6. The third kappa shape index (κ3) is 18.5. The van der Waals surface area contributed by atoms with Gasteiger partial charge in [0.25, 0.3) is 0 Å². The van der Waals surface area contributed by atoms with Crippen molar-refractivity contribution in [1.29, 1.82) is 0 Å². The summed E-state index contributed by atoms with van der Waals surface area (Å²) in [7, 11) is 0. The standard InChI is InChI=1S/2C5H11NO2/c1-5(2,3)8-4(6)7;1-2-5(8)6-3-4-7/h1-3H3,(H2,6,7);7H,2-4H2,1H3,(H,6,8). The van der Waals surface area contributed by atoms with Gasteiger partial charge in [-0.05, 0) is 20.8 Å². The Kier molecular flexibility index (Phi) is 9.58. The second kappa shape index (κ2) is 8.96. The minimum atomic E-state index is -0.725. The largest absolute Gasteiger partial charge is 0.444 e. The zero-order chi connectivity index (χ0) is 13.2. The molecule has 6 heteroatoms. The lowest BCUT2D eigenvalue weighted by Crippen LogP contribution is -2.27. The number of hydrogen-bond donors (Lipinski definition) is 3. The Hall–Kier alpha value is -1.30. The first-order chi connectivity index (χ1) is 7.22. The first kappa shape index (κ1) is 17.1. The number of nitrogens with one attached hydrogen (secondary N) is 1. The molecular weight excluding hydrogens is 212 g/mol. The summed E-state index contributed by atoms with van der Waals surface area (Å²) in [5.74, 6) is -0.0148. The zero-order valence-corrected chi connectivity index (χ0v) is 10.4. The lowest BCUT2D eigenvalue weighted by Gasteiger charge is -2.16. The van der Waals surface area contributed by atoms with Crippen molar-refractivity contribution in [3.63, 3.8) is 0 Å². The Morgan fingerprint density at radius 2 is 1.88 bits per heavy atom. The molecule has 16 heavy (non-hydrogen) atoms. The average Bonchev–Trinajstić information content (AvgIpc) is 2.11. The Bertz CT molecular complexity index is 211. The van der Waals surface area contributed by atoms with Crippen LogP contribution in [0.15, 0.2) is 0 Å². The van der Waals surface area contributed by atoms with Gasteiger partial charge in [-0.15, -0.1) is 0 Å². The molecule has 0 unspecified atom stereocenters. The van der Waals surface area contributed by atoms with Crippen molar-refractivity contribution in [3.8, 4) is 0 Å². The highest BCUT2D eigenvalue weighted by Gasteiger charge is 2.12. The molecule has 0 aromatic heterocycles. The number of rotatable bonds is 3. The smallest absolute Gasteiger partial charge is 0.405 e. The number of carbonyl (C=O) groups is 2. The van der Waals surface area contributed by atoms with E-state index in [0.717, 1.165) is 0 Å². The van der Waals surface area contributed by atoms with E-state index in [2.05, 4.69) is 10.1 Å². The number of carbonyl (C=O) groups excluding carboxylic acids is 2. The normalized spacial score (nSPS) is 9.81. The van der Waals surface area contributed by atoms with Gasteiger partial charge in [0.15, 0.2) is 0 Å². The third-order valence-electron chi connectivity index (χ3n) is 1.16. The Balaban J connectivity index is 0. The van der Waals surface area contributed by atoms with E-state index in [9.17, 15) is 9.59 Å². The van der Waals surface area contributed by atoms with E-state index in [1.807, 2.05) is 0 Å². The average molecular weight is 234 g/mol. The summed E-state index contributed by atoms with van der Waals surface area (Å²) in [6, 6.07) is 0. The second-order valence-electron chi connectivity index (χ2n) is 3.96. The van der Waals surface area contributed by atoms with Crippen LogP contribution in [0.3, 0.4) is 0 Å². The summed E-state index contributed by atoms with van der Waals surface area (Å²) in [5.41, 5.74) is 4.26. The van der Waals surface area contributed by atoms with Crippen LogP contribution in [0.2, 0.25) is 0 Å². The summed E-state index contributed by atoms with van der Waals surface area (Å²) in [5, 5.41) is 10.7. The second-order valence-corrected chi connectivity index (χ2v) is 3.96. The molecule has 0 aromatic rings. The third-order valence-corrected chi connectivity index (χ3v) is 1.16. The number of aliphatic hydroxyl groups is 1. The van der Waals surface area contributed by atoms with Gasteiger partial charge in [-0.3, -0.25) is 4.79 Å². The zero-order valence-electron chi connectivity index (χ0n) is 10.4. The summed E-state index contributed by atoms with van der Waals surface area (Å²) in [6.07, 6.45) is -0.238. The van der Waals surface area contributed by atoms with E-state index in [1.165, 1.54) is 0 Å². The van der Waals surface area contributed by atoms with Crippen molar-refractivity contribution in [2.24, 2.45) is 5.73 Å². The molecular formula is C10H22N2O4. The number of primary amides is 1. The molecule has 0 heterocycles. The first-order valence-electron chi connectivity index (χ1n) is 5.09. The molecule has 0 aliphatic carbocycles. The van der Waals surface area contributed by atoms with Crippen LogP contribution in [0.1, 0.15) is 34.1 Å². The monoisotopic (exact) mass is 234 g/mol. The molecule has 0 radical (unpaired) electrons. The van der Waals surface area contributed by atoms with Crippen molar-refractivity contribution in [1.82, 2.24) is 5.32 Å². The molecule has 0 rings (SSSR count). The van der Waals surface area contributed by atoms with Crippen molar-refractivity contribution in [2.45, 2.75) is 39.7 Å². The lowest BCUT2D eigenvalue weighted by atomic mass is 10.2. The number of hydrogen-bond acceptors (Lipinski definition) is 4. The highest BCUT2D eigenvalue weighted by Crippen LogP contribution is 2.04.